The fraction of sp³-hybridized carbons (Fsp3) is 0.727. The van der Waals surface area contributed by atoms with Gasteiger partial charge in [-0.2, -0.15) is 0 Å². The molecule has 7 heteroatoms. The van der Waals surface area contributed by atoms with E-state index in [0.29, 0.717) is 29.9 Å². The number of allylic oxidation sites excluding steroid dienone is 4. The maximum atomic E-state index is 14.0. The Morgan fingerprint density at radius 1 is 1.15 bits per heavy atom. The SMILES string of the molecule is CC[C@H]1O[C@]2(CC[C@@H]1C)C[C@@H]1C[C@@H](C/C=C(\C)C[C@@H](C)/C=C/C=C3\CO[C@]4(C)[C@H](O)C(C)=C[C@@H](C(=O)O1)[C@]34O)O2. The molecule has 7 nitrogen and oxygen atoms in total. The molecule has 3 fully saturated rings. The highest BCUT2D eigenvalue weighted by Crippen LogP contribution is 2.52. The lowest BCUT2D eigenvalue weighted by Crippen LogP contribution is -2.65. The lowest BCUT2D eigenvalue weighted by Gasteiger charge is -2.50. The number of carbonyl (C=O) groups excluding carboxylic acids is 1. The molecule has 0 aromatic heterocycles. The zero-order valence-electron chi connectivity index (χ0n) is 25.0. The molecule has 0 aromatic rings. The van der Waals surface area contributed by atoms with Crippen LogP contribution in [0.1, 0.15) is 86.5 Å². The van der Waals surface area contributed by atoms with Crippen molar-refractivity contribution in [3.8, 4) is 0 Å². The fourth-order valence-corrected chi connectivity index (χ4v) is 7.64. The molecule has 40 heavy (non-hydrogen) atoms. The van der Waals surface area contributed by atoms with E-state index in [9.17, 15) is 15.0 Å². The van der Waals surface area contributed by atoms with Crippen molar-refractivity contribution < 1.29 is 34.0 Å². The summed E-state index contributed by atoms with van der Waals surface area (Å²) in [6.07, 6.45) is 13.6. The van der Waals surface area contributed by atoms with Crippen molar-refractivity contribution in [3.05, 3.63) is 47.1 Å². The molecule has 222 valence electrons. The third-order valence-electron chi connectivity index (χ3n) is 10.1. The summed E-state index contributed by atoms with van der Waals surface area (Å²) in [5.74, 6) is -1.58. The average molecular weight is 557 g/mol. The van der Waals surface area contributed by atoms with Crippen molar-refractivity contribution in [2.24, 2.45) is 17.8 Å². The first-order chi connectivity index (χ1) is 18.9. The Morgan fingerprint density at radius 2 is 1.93 bits per heavy atom. The van der Waals surface area contributed by atoms with E-state index < -0.39 is 41.1 Å². The summed E-state index contributed by atoms with van der Waals surface area (Å²) < 4.78 is 25.7. The van der Waals surface area contributed by atoms with Gasteiger partial charge in [0.15, 0.2) is 5.79 Å². The minimum atomic E-state index is -1.74. The monoisotopic (exact) mass is 556 g/mol. The second-order valence-electron chi connectivity index (χ2n) is 13.2. The molecule has 2 N–H and O–H groups in total. The minimum Gasteiger partial charge on any atom is -0.462 e. The van der Waals surface area contributed by atoms with Gasteiger partial charge in [0.1, 0.15) is 29.3 Å². The highest BCUT2D eigenvalue weighted by Gasteiger charge is 2.67. The first kappa shape index (κ1) is 29.7. The minimum absolute atomic E-state index is 0.0989. The van der Waals surface area contributed by atoms with E-state index in [1.54, 1.807) is 19.9 Å². The van der Waals surface area contributed by atoms with E-state index in [2.05, 4.69) is 39.8 Å². The fourth-order valence-electron chi connectivity index (χ4n) is 7.64. The first-order valence-electron chi connectivity index (χ1n) is 15.2. The molecule has 10 atom stereocenters. The Kier molecular flexibility index (Phi) is 8.28. The predicted octanol–water partition coefficient (Wildman–Crippen LogP) is 5.31. The molecule has 0 aromatic carbocycles. The van der Waals surface area contributed by atoms with Gasteiger partial charge in [-0.25, -0.2) is 0 Å². The Bertz CT molecular complexity index is 1110. The van der Waals surface area contributed by atoms with Crippen LogP contribution in [0.15, 0.2) is 47.1 Å². The third-order valence-corrected chi connectivity index (χ3v) is 10.1. The van der Waals surface area contributed by atoms with Gasteiger partial charge in [-0.3, -0.25) is 4.79 Å². The van der Waals surface area contributed by atoms with Crippen LogP contribution in [-0.4, -0.2) is 64.2 Å². The largest absolute Gasteiger partial charge is 0.462 e. The highest BCUT2D eigenvalue weighted by atomic mass is 16.7. The summed E-state index contributed by atoms with van der Waals surface area (Å²) in [6.45, 7) is 12.3. The molecular formula is C33H48O7. The Labute approximate surface area is 239 Å². The zero-order valence-corrected chi connectivity index (χ0v) is 25.0. The zero-order chi connectivity index (χ0) is 28.9. The van der Waals surface area contributed by atoms with Crippen molar-refractivity contribution in [1.29, 1.82) is 0 Å². The number of aliphatic hydroxyl groups excluding tert-OH is 1. The summed E-state index contributed by atoms with van der Waals surface area (Å²) >= 11 is 0. The standard InChI is InChI=1S/C33H48O7/c1-7-28-22(4)13-14-32(40-28)18-26-17-25(39-32)12-11-21(3)15-20(2)9-8-10-24-19-37-31(6)29(34)23(5)16-27(30(35)38-26)33(24,31)36/h8-11,16,20,22,25-29,34,36H,7,12-15,17-19H2,1-6H3/b9-8+,21-11+,24-10+/t20-,22-,25+,26-,27-,28+,29+,31+,32+,33+/m0/s1. The van der Waals surface area contributed by atoms with Gasteiger partial charge in [0.2, 0.25) is 0 Å². The molecule has 0 saturated carbocycles. The number of hydrogen-bond donors (Lipinski definition) is 2. The summed E-state index contributed by atoms with van der Waals surface area (Å²) in [5.41, 5.74) is -0.673. The second kappa shape index (κ2) is 11.1. The van der Waals surface area contributed by atoms with Crippen molar-refractivity contribution in [2.45, 2.75) is 128 Å². The van der Waals surface area contributed by atoms with Crippen LogP contribution >= 0.6 is 0 Å². The molecule has 0 radical (unpaired) electrons. The number of ether oxygens (including phenoxy) is 4. The van der Waals surface area contributed by atoms with Crippen LogP contribution in [0.4, 0.5) is 0 Å². The molecule has 1 spiro atoms. The molecule has 5 rings (SSSR count). The number of esters is 1. The lowest BCUT2D eigenvalue weighted by molar-refractivity contribution is -0.335. The third kappa shape index (κ3) is 5.17. The quantitative estimate of drug-likeness (QED) is 0.334. The molecule has 3 saturated heterocycles. The molecule has 2 bridgehead atoms. The molecule has 4 heterocycles. The molecule has 4 aliphatic heterocycles. The first-order valence-corrected chi connectivity index (χ1v) is 15.2. The normalized spacial score (nSPS) is 49.6. The number of aliphatic hydroxyl groups is 2. The molecule has 0 amide bonds. The predicted molar refractivity (Wildman–Crippen MR) is 152 cm³/mol. The number of carbonyl (C=O) groups is 1. The van der Waals surface area contributed by atoms with Crippen molar-refractivity contribution in [3.63, 3.8) is 0 Å². The van der Waals surface area contributed by atoms with Crippen LogP contribution < -0.4 is 0 Å². The summed E-state index contributed by atoms with van der Waals surface area (Å²) in [6, 6.07) is 0. The van der Waals surface area contributed by atoms with Gasteiger partial charge in [0.05, 0.1) is 18.8 Å². The van der Waals surface area contributed by atoms with E-state index in [0.717, 1.165) is 32.1 Å². The molecule has 0 unspecified atom stereocenters. The molecule has 1 aliphatic carbocycles. The van der Waals surface area contributed by atoms with Crippen molar-refractivity contribution in [2.75, 3.05) is 6.61 Å². The van der Waals surface area contributed by atoms with Crippen molar-refractivity contribution in [1.82, 2.24) is 0 Å². The maximum Gasteiger partial charge on any atom is 0.316 e. The number of hydrogen-bond acceptors (Lipinski definition) is 7. The number of rotatable bonds is 1. The van der Waals surface area contributed by atoms with Gasteiger partial charge in [-0.05, 0) is 69.4 Å². The Morgan fingerprint density at radius 3 is 2.67 bits per heavy atom. The van der Waals surface area contributed by atoms with E-state index in [4.69, 9.17) is 18.9 Å². The topological polar surface area (TPSA) is 94.5 Å². The average Bonchev–Trinajstić information content (AvgIpc) is 3.17. The second-order valence-corrected chi connectivity index (χ2v) is 13.2. The van der Waals surface area contributed by atoms with Crippen LogP contribution in [-0.2, 0) is 23.7 Å². The van der Waals surface area contributed by atoms with Crippen LogP contribution in [0, 0.1) is 17.8 Å². The van der Waals surface area contributed by atoms with Crippen LogP contribution in [0.5, 0.6) is 0 Å². The van der Waals surface area contributed by atoms with Crippen LogP contribution in [0.25, 0.3) is 0 Å². The Balaban J connectivity index is 1.54. The van der Waals surface area contributed by atoms with E-state index in [1.165, 1.54) is 5.57 Å². The van der Waals surface area contributed by atoms with Gasteiger partial charge < -0.3 is 29.2 Å². The van der Waals surface area contributed by atoms with E-state index in [-0.39, 0.29) is 24.7 Å². The summed E-state index contributed by atoms with van der Waals surface area (Å²) in [4.78, 5) is 14.0. The van der Waals surface area contributed by atoms with Gasteiger partial charge in [-0.1, -0.05) is 56.7 Å². The van der Waals surface area contributed by atoms with Crippen LogP contribution in [0.2, 0.25) is 0 Å². The Hall–Kier alpha value is -1.77. The van der Waals surface area contributed by atoms with E-state index >= 15 is 0 Å². The van der Waals surface area contributed by atoms with Gasteiger partial charge in [0.25, 0.3) is 0 Å². The van der Waals surface area contributed by atoms with E-state index in [1.807, 2.05) is 12.2 Å². The van der Waals surface area contributed by atoms with Gasteiger partial charge in [-0.15, -0.1) is 0 Å². The maximum absolute atomic E-state index is 14.0. The highest BCUT2D eigenvalue weighted by molar-refractivity contribution is 5.79. The lowest BCUT2D eigenvalue weighted by atomic mass is 9.64. The molecular weight excluding hydrogens is 508 g/mol. The smallest absolute Gasteiger partial charge is 0.316 e. The molecule has 5 aliphatic rings. The summed E-state index contributed by atoms with van der Waals surface area (Å²) in [7, 11) is 0. The van der Waals surface area contributed by atoms with Gasteiger partial charge >= 0.3 is 5.97 Å². The van der Waals surface area contributed by atoms with Crippen molar-refractivity contribution >= 4 is 5.97 Å². The number of fused-ring (bicyclic) bond motifs is 2. The summed E-state index contributed by atoms with van der Waals surface area (Å²) in [5, 5.41) is 23.4. The van der Waals surface area contributed by atoms with Crippen LogP contribution in [0.3, 0.4) is 0 Å². The van der Waals surface area contributed by atoms with Gasteiger partial charge in [0, 0.05) is 19.3 Å².